The summed E-state index contributed by atoms with van der Waals surface area (Å²) in [6, 6.07) is 7.09. The fourth-order valence-electron chi connectivity index (χ4n) is 1.55. The van der Waals surface area contributed by atoms with Gasteiger partial charge >= 0.3 is 0 Å². The van der Waals surface area contributed by atoms with E-state index in [1.54, 1.807) is 41.7 Å². The van der Waals surface area contributed by atoms with E-state index in [2.05, 4.69) is 10.3 Å². The molecule has 0 unspecified atom stereocenters. The molecule has 98 valence electrons. The largest absolute Gasteiger partial charge is 0.392 e. The number of carbonyl (C=O) groups is 1. The van der Waals surface area contributed by atoms with Crippen LogP contribution >= 0.6 is 11.3 Å². The van der Waals surface area contributed by atoms with E-state index >= 15 is 0 Å². The smallest absolute Gasteiger partial charge is 0.248 e. The van der Waals surface area contributed by atoms with E-state index < -0.39 is 0 Å². The number of aliphatic hydroxyl groups is 1. The Morgan fingerprint density at radius 1 is 1.53 bits per heavy atom. The molecule has 1 amide bonds. The zero-order chi connectivity index (χ0) is 13.7. The minimum Gasteiger partial charge on any atom is -0.392 e. The van der Waals surface area contributed by atoms with Crippen molar-refractivity contribution in [2.45, 2.75) is 13.5 Å². The van der Waals surface area contributed by atoms with Crippen molar-refractivity contribution in [1.29, 1.82) is 0 Å². The number of aryl methyl sites for hydroxylation is 1. The molecule has 0 aliphatic heterocycles. The van der Waals surface area contributed by atoms with Crippen molar-refractivity contribution in [3.05, 3.63) is 52.0 Å². The molecule has 19 heavy (non-hydrogen) atoms. The lowest BCUT2D eigenvalue weighted by Gasteiger charge is -2.03. The SMILES string of the molecule is Cc1nc(/C=C/C(=O)Nc2cccc(CO)c2)cs1. The van der Waals surface area contributed by atoms with Gasteiger partial charge in [0, 0.05) is 17.1 Å². The molecule has 0 fully saturated rings. The number of aliphatic hydroxyl groups excluding tert-OH is 1. The number of benzene rings is 1. The molecule has 1 heterocycles. The summed E-state index contributed by atoms with van der Waals surface area (Å²) in [6.45, 7) is 1.88. The normalized spacial score (nSPS) is 10.8. The van der Waals surface area contributed by atoms with Gasteiger partial charge in [-0.3, -0.25) is 4.79 Å². The van der Waals surface area contributed by atoms with Crippen LogP contribution in [0.4, 0.5) is 5.69 Å². The number of nitrogens with zero attached hydrogens (tertiary/aromatic N) is 1. The second-order valence-electron chi connectivity index (χ2n) is 3.97. The first-order chi connectivity index (χ1) is 9.17. The standard InChI is InChI=1S/C14H14N2O2S/c1-10-15-13(9-19-10)5-6-14(18)16-12-4-2-3-11(7-12)8-17/h2-7,9,17H,8H2,1H3,(H,16,18)/b6-5+. The molecule has 0 saturated heterocycles. The lowest BCUT2D eigenvalue weighted by molar-refractivity contribution is -0.111. The highest BCUT2D eigenvalue weighted by Gasteiger charge is 2.00. The number of rotatable bonds is 4. The van der Waals surface area contributed by atoms with Crippen LogP contribution in [0.15, 0.2) is 35.7 Å². The minimum absolute atomic E-state index is 0.0440. The van der Waals surface area contributed by atoms with E-state index in [1.807, 2.05) is 12.3 Å². The fourth-order valence-corrected chi connectivity index (χ4v) is 2.13. The van der Waals surface area contributed by atoms with Crippen LogP contribution in [0.1, 0.15) is 16.3 Å². The maximum atomic E-state index is 11.7. The van der Waals surface area contributed by atoms with Gasteiger partial charge in [0.25, 0.3) is 0 Å². The highest BCUT2D eigenvalue weighted by atomic mass is 32.1. The summed E-state index contributed by atoms with van der Waals surface area (Å²) < 4.78 is 0. The third-order valence-electron chi connectivity index (χ3n) is 2.42. The molecule has 1 aromatic carbocycles. The van der Waals surface area contributed by atoms with Gasteiger partial charge in [0.05, 0.1) is 17.3 Å². The predicted molar refractivity (Wildman–Crippen MR) is 76.9 cm³/mol. The van der Waals surface area contributed by atoms with E-state index in [9.17, 15) is 4.79 Å². The van der Waals surface area contributed by atoms with Crippen molar-refractivity contribution in [1.82, 2.24) is 4.98 Å². The Balaban J connectivity index is 1.99. The van der Waals surface area contributed by atoms with E-state index in [-0.39, 0.29) is 12.5 Å². The van der Waals surface area contributed by atoms with Crippen LogP contribution in [0.25, 0.3) is 6.08 Å². The topological polar surface area (TPSA) is 62.2 Å². The molecule has 5 heteroatoms. The number of amides is 1. The maximum absolute atomic E-state index is 11.7. The summed E-state index contributed by atoms with van der Waals surface area (Å²) in [6.07, 6.45) is 3.12. The molecule has 0 spiro atoms. The fraction of sp³-hybridized carbons (Fsp3) is 0.143. The number of thiazole rings is 1. The number of nitrogens with one attached hydrogen (secondary N) is 1. The Bertz CT molecular complexity index is 605. The highest BCUT2D eigenvalue weighted by molar-refractivity contribution is 7.09. The van der Waals surface area contributed by atoms with Crippen LogP contribution in [0, 0.1) is 6.92 Å². The van der Waals surface area contributed by atoms with Gasteiger partial charge in [-0.2, -0.15) is 0 Å². The molecule has 2 N–H and O–H groups in total. The summed E-state index contributed by atoms with van der Waals surface area (Å²) in [4.78, 5) is 15.9. The molecular weight excluding hydrogens is 260 g/mol. The molecule has 0 bridgehead atoms. The Hall–Kier alpha value is -1.98. The van der Waals surface area contributed by atoms with Crippen LogP contribution in [0.2, 0.25) is 0 Å². The zero-order valence-electron chi connectivity index (χ0n) is 10.5. The van der Waals surface area contributed by atoms with Gasteiger partial charge in [-0.15, -0.1) is 11.3 Å². The van der Waals surface area contributed by atoms with E-state index in [0.29, 0.717) is 5.69 Å². The Morgan fingerprint density at radius 2 is 2.37 bits per heavy atom. The second kappa shape index (κ2) is 6.26. The number of hydrogen-bond acceptors (Lipinski definition) is 4. The lowest BCUT2D eigenvalue weighted by atomic mass is 10.2. The van der Waals surface area contributed by atoms with Crippen LogP contribution in [0.3, 0.4) is 0 Å². The molecule has 2 aromatic rings. The zero-order valence-corrected chi connectivity index (χ0v) is 11.3. The Labute approximate surface area is 115 Å². The molecular formula is C14H14N2O2S. The maximum Gasteiger partial charge on any atom is 0.248 e. The molecule has 0 atom stereocenters. The predicted octanol–water partition coefficient (Wildman–Crippen LogP) is 2.60. The van der Waals surface area contributed by atoms with Gasteiger partial charge in [-0.25, -0.2) is 4.98 Å². The van der Waals surface area contributed by atoms with Gasteiger partial charge in [0.2, 0.25) is 5.91 Å². The monoisotopic (exact) mass is 274 g/mol. The summed E-state index contributed by atoms with van der Waals surface area (Å²) in [5, 5.41) is 14.6. The third kappa shape index (κ3) is 4.01. The summed E-state index contributed by atoms with van der Waals surface area (Å²) >= 11 is 1.54. The third-order valence-corrected chi connectivity index (χ3v) is 3.21. The van der Waals surface area contributed by atoms with E-state index in [4.69, 9.17) is 5.11 Å². The second-order valence-corrected chi connectivity index (χ2v) is 5.03. The van der Waals surface area contributed by atoms with Crippen molar-refractivity contribution in [3.8, 4) is 0 Å². The van der Waals surface area contributed by atoms with Crippen LogP contribution in [-0.4, -0.2) is 16.0 Å². The first-order valence-corrected chi connectivity index (χ1v) is 6.66. The molecule has 4 nitrogen and oxygen atoms in total. The Kier molecular flexibility index (Phi) is 4.43. The molecule has 0 aliphatic rings. The van der Waals surface area contributed by atoms with Crippen molar-refractivity contribution in [2.75, 3.05) is 5.32 Å². The molecule has 0 radical (unpaired) electrons. The van der Waals surface area contributed by atoms with Gasteiger partial charge in [0.1, 0.15) is 0 Å². The minimum atomic E-state index is -0.222. The van der Waals surface area contributed by atoms with Gasteiger partial charge in [-0.1, -0.05) is 12.1 Å². The van der Waals surface area contributed by atoms with E-state index in [0.717, 1.165) is 16.3 Å². The number of hydrogen-bond donors (Lipinski definition) is 2. The van der Waals surface area contributed by atoms with E-state index in [1.165, 1.54) is 6.08 Å². The molecule has 2 rings (SSSR count). The van der Waals surface area contributed by atoms with Crippen LogP contribution in [-0.2, 0) is 11.4 Å². The van der Waals surface area contributed by atoms with Crippen LogP contribution in [0.5, 0.6) is 0 Å². The number of aromatic nitrogens is 1. The quantitative estimate of drug-likeness (QED) is 0.842. The Morgan fingerprint density at radius 3 is 3.05 bits per heavy atom. The van der Waals surface area contributed by atoms with Gasteiger partial charge in [0.15, 0.2) is 0 Å². The molecule has 0 saturated carbocycles. The van der Waals surface area contributed by atoms with Crippen molar-refractivity contribution < 1.29 is 9.90 Å². The average Bonchev–Trinajstić information content (AvgIpc) is 2.82. The summed E-state index contributed by atoms with van der Waals surface area (Å²) in [5.74, 6) is -0.222. The number of carbonyl (C=O) groups excluding carboxylic acids is 1. The average molecular weight is 274 g/mol. The molecule has 1 aromatic heterocycles. The summed E-state index contributed by atoms with van der Waals surface area (Å²) in [5.41, 5.74) is 2.20. The summed E-state index contributed by atoms with van der Waals surface area (Å²) in [7, 11) is 0. The number of anilines is 1. The van der Waals surface area contributed by atoms with Gasteiger partial charge in [-0.05, 0) is 30.7 Å². The van der Waals surface area contributed by atoms with Crippen molar-refractivity contribution in [2.24, 2.45) is 0 Å². The first-order valence-electron chi connectivity index (χ1n) is 5.78. The highest BCUT2D eigenvalue weighted by Crippen LogP contribution is 2.12. The van der Waals surface area contributed by atoms with Crippen molar-refractivity contribution >= 4 is 29.0 Å². The van der Waals surface area contributed by atoms with Crippen LogP contribution < -0.4 is 5.32 Å². The van der Waals surface area contributed by atoms with Crippen molar-refractivity contribution in [3.63, 3.8) is 0 Å². The first kappa shape index (κ1) is 13.5. The lowest BCUT2D eigenvalue weighted by Crippen LogP contribution is -2.07. The molecule has 0 aliphatic carbocycles. The van der Waals surface area contributed by atoms with Gasteiger partial charge < -0.3 is 10.4 Å².